The highest BCUT2D eigenvalue weighted by molar-refractivity contribution is 7.13. The molecule has 0 aliphatic carbocycles. The first kappa shape index (κ1) is 14.2. The van der Waals surface area contributed by atoms with E-state index >= 15 is 0 Å². The number of thiazole rings is 1. The average Bonchev–Trinajstić information content (AvgIpc) is 2.86. The molecule has 0 radical (unpaired) electrons. The van der Waals surface area contributed by atoms with E-state index in [1.54, 1.807) is 11.3 Å². The largest absolute Gasteiger partial charge is 0.313 e. The van der Waals surface area contributed by atoms with Crippen LogP contribution in [0.5, 0.6) is 0 Å². The summed E-state index contributed by atoms with van der Waals surface area (Å²) in [5.74, 6) is 0.640. The van der Waals surface area contributed by atoms with E-state index in [1.165, 1.54) is 22.4 Å². The Kier molecular flexibility index (Phi) is 4.72. The smallest absolute Gasteiger partial charge is 0.0801 e. The minimum Gasteiger partial charge on any atom is -0.313 e. The van der Waals surface area contributed by atoms with E-state index < -0.39 is 0 Å². The molecule has 0 spiro atoms. The van der Waals surface area contributed by atoms with Gasteiger partial charge in [-0.05, 0) is 31.0 Å². The standard InChI is InChI=1S/C16H22N2S/c1-5-11(2)15(17-4)13-6-8-14(9-7-13)16-12(3)18-10-19-16/h6-11,15,17H,5H2,1-4H3. The highest BCUT2D eigenvalue weighted by atomic mass is 32.1. The molecule has 1 N–H and O–H groups in total. The summed E-state index contributed by atoms with van der Waals surface area (Å²) in [6.07, 6.45) is 1.18. The van der Waals surface area contributed by atoms with E-state index in [-0.39, 0.29) is 0 Å². The predicted octanol–water partition coefficient (Wildman–Crippen LogP) is 4.43. The van der Waals surface area contributed by atoms with E-state index in [2.05, 4.69) is 55.3 Å². The molecule has 102 valence electrons. The lowest BCUT2D eigenvalue weighted by atomic mass is 9.92. The summed E-state index contributed by atoms with van der Waals surface area (Å²) in [4.78, 5) is 5.59. The van der Waals surface area contributed by atoms with Crippen LogP contribution in [0.4, 0.5) is 0 Å². The van der Waals surface area contributed by atoms with Crippen molar-refractivity contribution in [1.29, 1.82) is 0 Å². The molecule has 2 atom stereocenters. The Bertz CT molecular complexity index is 516. The summed E-state index contributed by atoms with van der Waals surface area (Å²) in [6, 6.07) is 9.33. The van der Waals surface area contributed by atoms with Crippen LogP contribution in [0.2, 0.25) is 0 Å². The van der Waals surface area contributed by atoms with Crippen LogP contribution in [-0.4, -0.2) is 12.0 Å². The van der Waals surface area contributed by atoms with Gasteiger partial charge in [0.15, 0.2) is 0 Å². The average molecular weight is 274 g/mol. The number of aromatic nitrogens is 1. The van der Waals surface area contributed by atoms with Gasteiger partial charge in [-0.25, -0.2) is 4.98 Å². The summed E-state index contributed by atoms with van der Waals surface area (Å²) in [7, 11) is 2.04. The van der Waals surface area contributed by atoms with Crippen LogP contribution in [0.25, 0.3) is 10.4 Å². The van der Waals surface area contributed by atoms with Gasteiger partial charge in [-0.15, -0.1) is 11.3 Å². The zero-order valence-electron chi connectivity index (χ0n) is 12.1. The Morgan fingerprint density at radius 1 is 1.26 bits per heavy atom. The van der Waals surface area contributed by atoms with Crippen LogP contribution >= 0.6 is 11.3 Å². The van der Waals surface area contributed by atoms with E-state index in [1.807, 2.05) is 12.6 Å². The zero-order valence-corrected chi connectivity index (χ0v) is 12.9. The Morgan fingerprint density at radius 2 is 1.95 bits per heavy atom. The first-order valence-electron chi connectivity index (χ1n) is 6.85. The van der Waals surface area contributed by atoms with Gasteiger partial charge in [0.05, 0.1) is 16.1 Å². The SMILES string of the molecule is CCC(C)C(NC)c1ccc(-c2scnc2C)cc1. The lowest BCUT2D eigenvalue weighted by Crippen LogP contribution is -2.22. The number of nitrogens with one attached hydrogen (secondary N) is 1. The van der Waals surface area contributed by atoms with Crippen LogP contribution in [0.3, 0.4) is 0 Å². The Morgan fingerprint density at radius 3 is 2.42 bits per heavy atom. The maximum Gasteiger partial charge on any atom is 0.0801 e. The molecule has 0 fully saturated rings. The van der Waals surface area contributed by atoms with Crippen molar-refractivity contribution in [2.75, 3.05) is 7.05 Å². The molecular formula is C16H22N2S. The lowest BCUT2D eigenvalue weighted by Gasteiger charge is -2.23. The van der Waals surface area contributed by atoms with Gasteiger partial charge in [0.1, 0.15) is 0 Å². The molecule has 2 nitrogen and oxygen atoms in total. The second kappa shape index (κ2) is 6.31. The van der Waals surface area contributed by atoms with Gasteiger partial charge in [-0.2, -0.15) is 0 Å². The van der Waals surface area contributed by atoms with E-state index in [9.17, 15) is 0 Å². The summed E-state index contributed by atoms with van der Waals surface area (Å²) in [5.41, 5.74) is 5.66. The molecule has 0 bridgehead atoms. The third-order valence-corrected chi connectivity index (χ3v) is 4.78. The zero-order chi connectivity index (χ0) is 13.8. The van der Waals surface area contributed by atoms with Crippen molar-refractivity contribution in [3.05, 3.63) is 41.0 Å². The number of hydrogen-bond donors (Lipinski definition) is 1. The normalized spacial score (nSPS) is 14.3. The van der Waals surface area contributed by atoms with E-state index in [0.717, 1.165) is 5.69 Å². The van der Waals surface area contributed by atoms with Gasteiger partial charge in [-0.3, -0.25) is 0 Å². The molecule has 0 aliphatic heterocycles. The monoisotopic (exact) mass is 274 g/mol. The van der Waals surface area contributed by atoms with Gasteiger partial charge in [0.25, 0.3) is 0 Å². The fourth-order valence-electron chi connectivity index (χ4n) is 2.44. The summed E-state index contributed by atoms with van der Waals surface area (Å²) in [6.45, 7) is 6.60. The quantitative estimate of drug-likeness (QED) is 0.872. The molecule has 0 saturated heterocycles. The maximum absolute atomic E-state index is 4.31. The van der Waals surface area contributed by atoms with Crippen LogP contribution < -0.4 is 5.32 Å². The van der Waals surface area contributed by atoms with Gasteiger partial charge < -0.3 is 5.32 Å². The number of rotatable bonds is 5. The number of hydrogen-bond acceptors (Lipinski definition) is 3. The molecule has 2 unspecified atom stereocenters. The molecule has 19 heavy (non-hydrogen) atoms. The fraction of sp³-hybridized carbons (Fsp3) is 0.438. The second-order valence-electron chi connectivity index (χ2n) is 5.04. The van der Waals surface area contributed by atoms with Crippen molar-refractivity contribution in [2.45, 2.75) is 33.2 Å². The Balaban J connectivity index is 2.25. The van der Waals surface area contributed by atoms with Crippen LogP contribution in [0, 0.1) is 12.8 Å². The topological polar surface area (TPSA) is 24.9 Å². The molecule has 0 amide bonds. The van der Waals surface area contributed by atoms with Crippen molar-refractivity contribution < 1.29 is 0 Å². The van der Waals surface area contributed by atoms with Gasteiger partial charge >= 0.3 is 0 Å². The summed E-state index contributed by atoms with van der Waals surface area (Å²) >= 11 is 1.71. The van der Waals surface area contributed by atoms with Crippen molar-refractivity contribution in [1.82, 2.24) is 10.3 Å². The van der Waals surface area contributed by atoms with Crippen molar-refractivity contribution in [2.24, 2.45) is 5.92 Å². The van der Waals surface area contributed by atoms with Gasteiger partial charge in [0.2, 0.25) is 0 Å². The predicted molar refractivity (Wildman–Crippen MR) is 83.5 cm³/mol. The van der Waals surface area contributed by atoms with Crippen LogP contribution in [0.15, 0.2) is 29.8 Å². The van der Waals surface area contributed by atoms with Crippen molar-refractivity contribution in [3.8, 4) is 10.4 Å². The second-order valence-corrected chi connectivity index (χ2v) is 5.90. The molecule has 0 aliphatic rings. The first-order chi connectivity index (χ1) is 9.17. The minimum absolute atomic E-state index is 0.432. The summed E-state index contributed by atoms with van der Waals surface area (Å²) in [5, 5.41) is 3.42. The lowest BCUT2D eigenvalue weighted by molar-refractivity contribution is 0.400. The Hall–Kier alpha value is -1.19. The number of aryl methyl sites for hydroxylation is 1. The molecule has 1 aromatic heterocycles. The van der Waals surface area contributed by atoms with Crippen molar-refractivity contribution in [3.63, 3.8) is 0 Å². The fourth-order valence-corrected chi connectivity index (χ4v) is 3.25. The minimum atomic E-state index is 0.432. The molecule has 2 aromatic rings. The number of nitrogens with zero attached hydrogens (tertiary/aromatic N) is 1. The molecule has 0 saturated carbocycles. The van der Waals surface area contributed by atoms with Gasteiger partial charge in [-0.1, -0.05) is 44.5 Å². The molecule has 1 heterocycles. The molecule has 1 aromatic carbocycles. The first-order valence-corrected chi connectivity index (χ1v) is 7.73. The van der Waals surface area contributed by atoms with Crippen LogP contribution in [-0.2, 0) is 0 Å². The molecule has 2 rings (SSSR count). The van der Waals surface area contributed by atoms with E-state index in [0.29, 0.717) is 12.0 Å². The van der Waals surface area contributed by atoms with Crippen LogP contribution in [0.1, 0.15) is 37.6 Å². The third kappa shape index (κ3) is 3.04. The Labute approximate surface area is 119 Å². The number of benzene rings is 1. The maximum atomic E-state index is 4.31. The highest BCUT2D eigenvalue weighted by Crippen LogP contribution is 2.30. The van der Waals surface area contributed by atoms with Gasteiger partial charge in [0, 0.05) is 6.04 Å². The third-order valence-electron chi connectivity index (χ3n) is 3.80. The molecular weight excluding hydrogens is 252 g/mol. The van der Waals surface area contributed by atoms with E-state index in [4.69, 9.17) is 0 Å². The molecule has 3 heteroatoms. The summed E-state index contributed by atoms with van der Waals surface area (Å²) < 4.78 is 0. The highest BCUT2D eigenvalue weighted by Gasteiger charge is 2.16. The van der Waals surface area contributed by atoms with Crippen molar-refractivity contribution >= 4 is 11.3 Å².